The Labute approximate surface area is 110 Å². The molecule has 0 fully saturated rings. The topological polar surface area (TPSA) is 111 Å². The molecule has 1 amide bonds. The molecule has 0 aliphatic carbocycles. The van der Waals surface area contributed by atoms with Crippen LogP contribution in [0.3, 0.4) is 0 Å². The van der Waals surface area contributed by atoms with Crippen LogP contribution in [0.25, 0.3) is 0 Å². The van der Waals surface area contributed by atoms with Crippen LogP contribution in [0, 0.1) is 0 Å². The molecular weight excluding hydrogens is 252 g/mol. The normalized spacial score (nSPS) is 11.6. The SMILES string of the molecule is COc1cc(NC(=O)C(C)N)c(C(=O)O)cc1OC. The fourth-order valence-electron chi connectivity index (χ4n) is 1.41. The Hall–Kier alpha value is -2.28. The third kappa shape index (κ3) is 3.35. The number of carbonyl (C=O) groups excluding carboxylic acids is 1. The number of hydrogen-bond donors (Lipinski definition) is 3. The van der Waals surface area contributed by atoms with Gasteiger partial charge in [-0.2, -0.15) is 0 Å². The van der Waals surface area contributed by atoms with Crippen molar-refractivity contribution in [3.63, 3.8) is 0 Å². The van der Waals surface area contributed by atoms with Gasteiger partial charge in [-0.1, -0.05) is 0 Å². The Morgan fingerprint density at radius 2 is 1.79 bits per heavy atom. The van der Waals surface area contributed by atoms with Gasteiger partial charge in [0.1, 0.15) is 0 Å². The Morgan fingerprint density at radius 1 is 1.26 bits per heavy atom. The maximum absolute atomic E-state index is 11.5. The number of amides is 1. The lowest BCUT2D eigenvalue weighted by molar-refractivity contribution is -0.117. The second kappa shape index (κ2) is 6.05. The van der Waals surface area contributed by atoms with Gasteiger partial charge >= 0.3 is 5.97 Å². The fraction of sp³-hybridized carbons (Fsp3) is 0.333. The third-order valence-electron chi connectivity index (χ3n) is 2.43. The summed E-state index contributed by atoms with van der Waals surface area (Å²) in [5.41, 5.74) is 5.42. The molecule has 104 valence electrons. The highest BCUT2D eigenvalue weighted by atomic mass is 16.5. The van der Waals surface area contributed by atoms with Gasteiger partial charge in [0.05, 0.1) is 31.5 Å². The molecule has 0 aliphatic heterocycles. The Bertz CT molecular complexity index is 499. The molecule has 7 nitrogen and oxygen atoms in total. The minimum atomic E-state index is -1.19. The number of nitrogens with two attached hydrogens (primary N) is 1. The lowest BCUT2D eigenvalue weighted by Gasteiger charge is -2.14. The summed E-state index contributed by atoms with van der Waals surface area (Å²) < 4.78 is 10.1. The third-order valence-corrected chi connectivity index (χ3v) is 2.43. The first-order valence-corrected chi connectivity index (χ1v) is 5.46. The second-order valence-corrected chi connectivity index (χ2v) is 3.84. The standard InChI is InChI=1S/C12H16N2O5/c1-6(13)11(15)14-8-5-10(19-3)9(18-2)4-7(8)12(16)17/h4-6H,13H2,1-3H3,(H,14,15)(H,16,17). The number of carboxylic acids is 1. The second-order valence-electron chi connectivity index (χ2n) is 3.84. The van der Waals surface area contributed by atoms with E-state index < -0.39 is 17.9 Å². The Morgan fingerprint density at radius 3 is 2.21 bits per heavy atom. The largest absolute Gasteiger partial charge is 0.493 e. The van der Waals surface area contributed by atoms with Crippen LogP contribution in [0.15, 0.2) is 12.1 Å². The predicted octanol–water partition coefficient (Wildman–Crippen LogP) is 0.688. The van der Waals surface area contributed by atoms with E-state index in [4.69, 9.17) is 20.3 Å². The molecule has 0 aliphatic rings. The quantitative estimate of drug-likeness (QED) is 0.724. The van der Waals surface area contributed by atoms with E-state index in [0.717, 1.165) is 0 Å². The molecule has 0 bridgehead atoms. The van der Waals surface area contributed by atoms with Crippen molar-refractivity contribution in [1.29, 1.82) is 0 Å². The number of nitrogens with one attached hydrogen (secondary N) is 1. The van der Waals surface area contributed by atoms with Crippen molar-refractivity contribution in [3.8, 4) is 11.5 Å². The summed E-state index contributed by atoms with van der Waals surface area (Å²) in [4.78, 5) is 22.7. The van der Waals surface area contributed by atoms with Crippen molar-refractivity contribution in [2.45, 2.75) is 13.0 Å². The van der Waals surface area contributed by atoms with Gasteiger partial charge in [-0.05, 0) is 6.92 Å². The molecule has 1 aromatic rings. The first-order chi connectivity index (χ1) is 8.90. The van der Waals surface area contributed by atoms with E-state index in [1.165, 1.54) is 33.3 Å². The predicted molar refractivity (Wildman–Crippen MR) is 68.8 cm³/mol. The van der Waals surface area contributed by atoms with Crippen LogP contribution in [-0.4, -0.2) is 37.2 Å². The zero-order valence-electron chi connectivity index (χ0n) is 10.9. The number of anilines is 1. The minimum absolute atomic E-state index is 0.104. The van der Waals surface area contributed by atoms with Gasteiger partial charge < -0.3 is 25.6 Å². The maximum Gasteiger partial charge on any atom is 0.337 e. The molecule has 0 saturated heterocycles. The Kier molecular flexibility index (Phi) is 4.71. The van der Waals surface area contributed by atoms with E-state index in [1.807, 2.05) is 0 Å². The molecule has 0 radical (unpaired) electrons. The molecule has 19 heavy (non-hydrogen) atoms. The number of rotatable bonds is 5. The summed E-state index contributed by atoms with van der Waals surface area (Å²) >= 11 is 0. The van der Waals surface area contributed by atoms with Gasteiger partial charge in [0, 0.05) is 12.1 Å². The van der Waals surface area contributed by atoms with Crippen molar-refractivity contribution >= 4 is 17.6 Å². The molecule has 4 N–H and O–H groups in total. The van der Waals surface area contributed by atoms with Gasteiger partial charge in [0.15, 0.2) is 11.5 Å². The molecule has 0 aromatic heterocycles. The molecule has 7 heteroatoms. The molecule has 0 saturated carbocycles. The zero-order valence-corrected chi connectivity index (χ0v) is 10.9. The van der Waals surface area contributed by atoms with Crippen LogP contribution >= 0.6 is 0 Å². The van der Waals surface area contributed by atoms with E-state index in [1.54, 1.807) is 0 Å². The molecule has 1 rings (SSSR count). The number of hydrogen-bond acceptors (Lipinski definition) is 5. The molecular formula is C12H16N2O5. The van der Waals surface area contributed by atoms with Gasteiger partial charge in [-0.15, -0.1) is 0 Å². The summed E-state index contributed by atoms with van der Waals surface area (Å²) in [6.45, 7) is 1.50. The average molecular weight is 268 g/mol. The lowest BCUT2D eigenvalue weighted by Crippen LogP contribution is -2.33. The number of carbonyl (C=O) groups is 2. The fourth-order valence-corrected chi connectivity index (χ4v) is 1.41. The highest BCUT2D eigenvalue weighted by Crippen LogP contribution is 2.33. The highest BCUT2D eigenvalue weighted by Gasteiger charge is 2.18. The summed E-state index contributed by atoms with van der Waals surface area (Å²) in [5, 5.41) is 11.6. The first kappa shape index (κ1) is 14.8. The number of benzene rings is 1. The van der Waals surface area contributed by atoms with E-state index in [0.29, 0.717) is 5.75 Å². The minimum Gasteiger partial charge on any atom is -0.493 e. The van der Waals surface area contributed by atoms with Gasteiger partial charge in [-0.25, -0.2) is 4.79 Å². The molecule has 1 atom stereocenters. The summed E-state index contributed by atoms with van der Waals surface area (Å²) in [7, 11) is 2.80. The van der Waals surface area contributed by atoms with E-state index in [2.05, 4.69) is 5.32 Å². The molecule has 0 heterocycles. The molecule has 1 aromatic carbocycles. The number of carboxylic acid groups (broad SMARTS) is 1. The van der Waals surface area contributed by atoms with Crippen molar-refractivity contribution in [2.75, 3.05) is 19.5 Å². The smallest absolute Gasteiger partial charge is 0.337 e. The number of ether oxygens (including phenoxy) is 2. The van der Waals surface area contributed by atoms with Gasteiger partial charge in [0.2, 0.25) is 5.91 Å². The van der Waals surface area contributed by atoms with Crippen LogP contribution in [0.4, 0.5) is 5.69 Å². The summed E-state index contributed by atoms with van der Waals surface area (Å²) in [6, 6.07) is 1.90. The summed E-state index contributed by atoms with van der Waals surface area (Å²) in [5.74, 6) is -1.11. The van der Waals surface area contributed by atoms with Gasteiger partial charge in [-0.3, -0.25) is 4.79 Å². The zero-order chi connectivity index (χ0) is 14.6. The highest BCUT2D eigenvalue weighted by molar-refractivity contribution is 6.02. The first-order valence-electron chi connectivity index (χ1n) is 5.46. The van der Waals surface area contributed by atoms with Crippen molar-refractivity contribution in [2.24, 2.45) is 5.73 Å². The van der Waals surface area contributed by atoms with Crippen LogP contribution in [0.5, 0.6) is 11.5 Å². The van der Waals surface area contributed by atoms with E-state index >= 15 is 0 Å². The monoisotopic (exact) mass is 268 g/mol. The maximum atomic E-state index is 11.5. The van der Waals surface area contributed by atoms with Gasteiger partial charge in [0.25, 0.3) is 0 Å². The molecule has 1 unspecified atom stereocenters. The average Bonchev–Trinajstić information content (AvgIpc) is 2.37. The summed E-state index contributed by atoms with van der Waals surface area (Å²) in [6.07, 6.45) is 0. The number of methoxy groups -OCH3 is 2. The van der Waals surface area contributed by atoms with Crippen LogP contribution in [0.1, 0.15) is 17.3 Å². The number of aromatic carboxylic acids is 1. The van der Waals surface area contributed by atoms with E-state index in [9.17, 15) is 9.59 Å². The van der Waals surface area contributed by atoms with Crippen molar-refractivity contribution in [3.05, 3.63) is 17.7 Å². The van der Waals surface area contributed by atoms with E-state index in [-0.39, 0.29) is 17.0 Å². The van der Waals surface area contributed by atoms with Crippen molar-refractivity contribution in [1.82, 2.24) is 0 Å². The molecule has 0 spiro atoms. The Balaban J connectivity index is 3.27. The van der Waals surface area contributed by atoms with Crippen LogP contribution in [0.2, 0.25) is 0 Å². The van der Waals surface area contributed by atoms with Crippen LogP contribution < -0.4 is 20.5 Å². The lowest BCUT2D eigenvalue weighted by atomic mass is 10.1. The van der Waals surface area contributed by atoms with Crippen LogP contribution in [-0.2, 0) is 4.79 Å². The van der Waals surface area contributed by atoms with Crippen molar-refractivity contribution < 1.29 is 24.2 Å².